The number of nitrogens with one attached hydrogen (secondary N) is 1. The highest BCUT2D eigenvalue weighted by Crippen LogP contribution is 2.33. The van der Waals surface area contributed by atoms with Gasteiger partial charge in [-0.15, -0.1) is 0 Å². The number of carbonyl (C=O) groups is 1. The van der Waals surface area contributed by atoms with Crippen LogP contribution in [0.3, 0.4) is 0 Å². The monoisotopic (exact) mass is 423 g/mol. The fraction of sp³-hybridized carbons (Fsp3) is 0.333. The molecule has 0 saturated heterocycles. The first-order valence-corrected chi connectivity index (χ1v) is 10.3. The molecule has 1 heterocycles. The van der Waals surface area contributed by atoms with Gasteiger partial charge in [-0.25, -0.2) is 9.78 Å². The summed E-state index contributed by atoms with van der Waals surface area (Å²) in [4.78, 5) is 18.5. The summed E-state index contributed by atoms with van der Waals surface area (Å²) in [6, 6.07) is 11.9. The maximum atomic E-state index is 12.1. The van der Waals surface area contributed by atoms with Gasteiger partial charge in [0.25, 0.3) is 0 Å². The number of carboxylic acid groups (broad SMARTS) is 1. The van der Waals surface area contributed by atoms with E-state index in [-0.39, 0.29) is 6.10 Å². The van der Waals surface area contributed by atoms with Crippen molar-refractivity contribution in [3.63, 3.8) is 0 Å². The van der Waals surface area contributed by atoms with Gasteiger partial charge < -0.3 is 24.8 Å². The third-order valence-corrected chi connectivity index (χ3v) is 4.69. The first kappa shape index (κ1) is 22.2. The summed E-state index contributed by atoms with van der Waals surface area (Å²) in [6.07, 6.45) is 1.73. The summed E-state index contributed by atoms with van der Waals surface area (Å²) >= 11 is 0. The van der Waals surface area contributed by atoms with E-state index in [2.05, 4.69) is 10.3 Å². The van der Waals surface area contributed by atoms with Crippen LogP contribution in [0.25, 0.3) is 10.8 Å². The first-order chi connectivity index (χ1) is 14.8. The third-order valence-electron chi connectivity index (χ3n) is 4.69. The highest BCUT2D eigenvalue weighted by molar-refractivity contribution is 5.94. The fourth-order valence-electron chi connectivity index (χ4n) is 3.39. The highest BCUT2D eigenvalue weighted by atomic mass is 16.5. The quantitative estimate of drug-likeness (QED) is 0.515. The molecule has 3 rings (SSSR count). The number of hydrogen-bond donors (Lipinski definition) is 2. The molecule has 1 atom stereocenters. The van der Waals surface area contributed by atoms with E-state index >= 15 is 0 Å². The van der Waals surface area contributed by atoms with E-state index in [1.54, 1.807) is 24.4 Å². The molecule has 0 fully saturated rings. The molecule has 0 spiro atoms. The molecule has 0 saturated carbocycles. The number of nitrogens with zero attached hydrogens (tertiary/aromatic N) is 2. The lowest BCUT2D eigenvalue weighted by Crippen LogP contribution is -2.20. The SMILES string of the molecule is CCOc1cc(C(Nc2ccc3c(N(C)C)nccc3c2)C(=O)O)ccc1OC(C)C. The zero-order chi connectivity index (χ0) is 22.5. The molecule has 2 aromatic carbocycles. The van der Waals surface area contributed by atoms with Crippen LogP contribution < -0.4 is 19.7 Å². The average molecular weight is 424 g/mol. The maximum absolute atomic E-state index is 12.1. The van der Waals surface area contributed by atoms with E-state index in [4.69, 9.17) is 9.47 Å². The lowest BCUT2D eigenvalue weighted by atomic mass is 10.0. The van der Waals surface area contributed by atoms with Crippen LogP contribution in [0.1, 0.15) is 32.4 Å². The van der Waals surface area contributed by atoms with Crippen LogP contribution in [0.15, 0.2) is 48.7 Å². The number of ether oxygens (including phenoxy) is 2. The van der Waals surface area contributed by atoms with E-state index in [1.807, 2.05) is 64.0 Å². The second kappa shape index (κ2) is 9.55. The molecule has 7 heteroatoms. The van der Waals surface area contributed by atoms with E-state index in [0.717, 1.165) is 16.6 Å². The average Bonchev–Trinajstić information content (AvgIpc) is 2.72. The standard InChI is InChI=1S/C24H29N3O4/c1-6-30-21-14-17(7-10-20(21)31-15(2)3)22(24(28)29)26-18-8-9-19-16(13-18)11-12-25-23(19)27(4)5/h7-15,22,26H,6H2,1-5H3,(H,28,29). The Labute approximate surface area is 182 Å². The molecule has 3 aromatic rings. The van der Waals surface area contributed by atoms with Gasteiger partial charge in [-0.05, 0) is 68.1 Å². The van der Waals surface area contributed by atoms with E-state index < -0.39 is 12.0 Å². The van der Waals surface area contributed by atoms with Crippen LogP contribution in [-0.2, 0) is 4.79 Å². The molecule has 0 bridgehead atoms. The zero-order valence-electron chi connectivity index (χ0n) is 18.5. The molecule has 0 aliphatic carbocycles. The van der Waals surface area contributed by atoms with Gasteiger partial charge in [0.1, 0.15) is 5.82 Å². The zero-order valence-corrected chi connectivity index (χ0v) is 18.5. The molecule has 7 nitrogen and oxygen atoms in total. The molecule has 2 N–H and O–H groups in total. The summed E-state index contributed by atoms with van der Waals surface area (Å²) in [6.45, 7) is 6.20. The largest absolute Gasteiger partial charge is 0.490 e. The van der Waals surface area contributed by atoms with Gasteiger partial charge in [-0.3, -0.25) is 0 Å². The Morgan fingerprint density at radius 3 is 2.55 bits per heavy atom. The number of fused-ring (bicyclic) bond motifs is 1. The molecule has 0 radical (unpaired) electrons. The van der Waals surface area contributed by atoms with E-state index in [0.29, 0.717) is 29.4 Å². The molecule has 31 heavy (non-hydrogen) atoms. The van der Waals surface area contributed by atoms with Gasteiger partial charge in [-0.2, -0.15) is 0 Å². The molecule has 0 amide bonds. The van der Waals surface area contributed by atoms with Crippen molar-refractivity contribution in [2.24, 2.45) is 0 Å². The van der Waals surface area contributed by atoms with Gasteiger partial charge in [-0.1, -0.05) is 6.07 Å². The third kappa shape index (κ3) is 5.17. The van der Waals surface area contributed by atoms with Gasteiger partial charge in [0.15, 0.2) is 17.5 Å². The predicted octanol–water partition coefficient (Wildman–Crippen LogP) is 4.72. The van der Waals surface area contributed by atoms with Gasteiger partial charge in [0.05, 0.1) is 12.7 Å². The summed E-state index contributed by atoms with van der Waals surface area (Å²) < 4.78 is 11.5. The van der Waals surface area contributed by atoms with Crippen molar-refractivity contribution in [2.75, 3.05) is 30.9 Å². The Balaban J connectivity index is 1.94. The number of aromatic nitrogens is 1. The number of anilines is 2. The Morgan fingerprint density at radius 2 is 1.90 bits per heavy atom. The number of hydrogen-bond acceptors (Lipinski definition) is 6. The van der Waals surface area contributed by atoms with E-state index in [9.17, 15) is 9.90 Å². The number of pyridine rings is 1. The summed E-state index contributed by atoms with van der Waals surface area (Å²) in [5.41, 5.74) is 1.28. The molecule has 1 aromatic heterocycles. The van der Waals surface area contributed by atoms with Gasteiger partial charge >= 0.3 is 5.97 Å². The Kier molecular flexibility index (Phi) is 6.84. The normalized spacial score (nSPS) is 11.9. The van der Waals surface area contributed by atoms with Crippen LogP contribution in [0.2, 0.25) is 0 Å². The summed E-state index contributed by atoms with van der Waals surface area (Å²) in [5.74, 6) is 1.01. The van der Waals surface area contributed by atoms with Crippen molar-refractivity contribution >= 4 is 28.2 Å². The van der Waals surface area contributed by atoms with E-state index in [1.165, 1.54) is 0 Å². The smallest absolute Gasteiger partial charge is 0.330 e. The topological polar surface area (TPSA) is 83.9 Å². The Bertz CT molecular complexity index is 1070. The van der Waals surface area contributed by atoms with Crippen molar-refractivity contribution in [2.45, 2.75) is 32.9 Å². The van der Waals surface area contributed by atoms with Gasteiger partial charge in [0.2, 0.25) is 0 Å². The number of carboxylic acids is 1. The summed E-state index contributed by atoms with van der Waals surface area (Å²) in [5, 5.41) is 15.0. The molecule has 0 aliphatic heterocycles. The number of rotatable bonds is 9. The molecular formula is C24H29N3O4. The molecule has 1 unspecified atom stereocenters. The minimum Gasteiger partial charge on any atom is -0.490 e. The lowest BCUT2D eigenvalue weighted by Gasteiger charge is -2.20. The van der Waals surface area contributed by atoms with Crippen molar-refractivity contribution in [1.29, 1.82) is 0 Å². The molecule has 0 aliphatic rings. The Morgan fingerprint density at radius 1 is 1.13 bits per heavy atom. The van der Waals surface area contributed by atoms with Crippen LogP contribution in [0.4, 0.5) is 11.5 Å². The maximum Gasteiger partial charge on any atom is 0.330 e. The number of aliphatic carboxylic acids is 1. The predicted molar refractivity (Wildman–Crippen MR) is 123 cm³/mol. The minimum atomic E-state index is -0.983. The fourth-order valence-corrected chi connectivity index (χ4v) is 3.39. The van der Waals surface area contributed by atoms with Crippen LogP contribution >= 0.6 is 0 Å². The van der Waals surface area contributed by atoms with Crippen molar-refractivity contribution in [3.05, 3.63) is 54.2 Å². The van der Waals surface area contributed by atoms with Gasteiger partial charge in [0, 0.05) is 31.4 Å². The lowest BCUT2D eigenvalue weighted by molar-refractivity contribution is -0.138. The molecular weight excluding hydrogens is 394 g/mol. The van der Waals surface area contributed by atoms with Crippen LogP contribution in [0, 0.1) is 0 Å². The minimum absolute atomic E-state index is 0.0161. The first-order valence-electron chi connectivity index (χ1n) is 10.3. The second-order valence-electron chi connectivity index (χ2n) is 7.69. The summed E-state index contributed by atoms with van der Waals surface area (Å²) in [7, 11) is 3.88. The Hall–Kier alpha value is -3.48. The van der Waals surface area contributed by atoms with Crippen LogP contribution in [0.5, 0.6) is 11.5 Å². The van der Waals surface area contributed by atoms with Crippen LogP contribution in [-0.4, -0.2) is 42.9 Å². The van der Waals surface area contributed by atoms with Crippen molar-refractivity contribution in [1.82, 2.24) is 4.98 Å². The van der Waals surface area contributed by atoms with Crippen molar-refractivity contribution in [3.8, 4) is 11.5 Å². The highest BCUT2D eigenvalue weighted by Gasteiger charge is 2.22. The molecule has 164 valence electrons. The van der Waals surface area contributed by atoms with Crippen molar-refractivity contribution < 1.29 is 19.4 Å². The second-order valence-corrected chi connectivity index (χ2v) is 7.69. The number of benzene rings is 2.